The predicted molar refractivity (Wildman–Crippen MR) is 46.6 cm³/mol. The summed E-state index contributed by atoms with van der Waals surface area (Å²) in [7, 11) is -1.08. The molecule has 0 amide bonds. The van der Waals surface area contributed by atoms with E-state index in [1.807, 2.05) is 0 Å². The molecular formula is C8H16OSi. The van der Waals surface area contributed by atoms with Crippen LogP contribution in [0.1, 0.15) is 6.92 Å². The molecule has 1 N–H and O–H groups in total. The smallest absolute Gasteiger partial charge is 0.0733 e. The molecular weight excluding hydrogens is 140 g/mol. The van der Waals surface area contributed by atoms with Crippen LogP contribution >= 0.6 is 0 Å². The summed E-state index contributed by atoms with van der Waals surface area (Å²) in [6, 6.07) is 0. The Bertz CT molecular complexity index is 178. The van der Waals surface area contributed by atoms with Gasteiger partial charge in [0.25, 0.3) is 0 Å². The van der Waals surface area contributed by atoms with Crippen LogP contribution in [-0.4, -0.2) is 19.8 Å². The van der Waals surface area contributed by atoms with Gasteiger partial charge < -0.3 is 5.11 Å². The summed E-state index contributed by atoms with van der Waals surface area (Å²) < 4.78 is 0. The highest BCUT2D eigenvalue weighted by molar-refractivity contribution is 6.84. The summed E-state index contributed by atoms with van der Waals surface area (Å²) in [5.41, 5.74) is 0.102. The van der Waals surface area contributed by atoms with Crippen molar-refractivity contribution >= 4 is 8.07 Å². The molecule has 0 unspecified atom stereocenters. The molecule has 1 atom stereocenters. The van der Waals surface area contributed by atoms with Gasteiger partial charge in [0, 0.05) is 5.41 Å². The summed E-state index contributed by atoms with van der Waals surface area (Å²) in [4.78, 5) is 0. The van der Waals surface area contributed by atoms with Crippen LogP contribution in [0.5, 0.6) is 0 Å². The van der Waals surface area contributed by atoms with E-state index in [0.29, 0.717) is 6.61 Å². The Hall–Kier alpha value is -0.0831. The first kappa shape index (κ1) is 8.02. The highest BCUT2D eigenvalue weighted by atomic mass is 28.3. The third kappa shape index (κ3) is 1.18. The Morgan fingerprint density at radius 3 is 2.10 bits per heavy atom. The van der Waals surface area contributed by atoms with E-state index in [-0.39, 0.29) is 5.41 Å². The Kier molecular flexibility index (Phi) is 1.57. The summed E-state index contributed by atoms with van der Waals surface area (Å²) in [5.74, 6) is 0. The van der Waals surface area contributed by atoms with Gasteiger partial charge in [-0.05, 0) is 0 Å². The molecule has 2 heteroatoms. The molecule has 0 spiro atoms. The summed E-state index contributed by atoms with van der Waals surface area (Å²) >= 11 is 0. The van der Waals surface area contributed by atoms with Crippen molar-refractivity contribution in [2.45, 2.75) is 26.6 Å². The maximum absolute atomic E-state index is 8.97. The molecule has 0 saturated carbocycles. The first-order valence-corrected chi connectivity index (χ1v) is 7.25. The second-order valence-electron chi connectivity index (χ2n) is 4.38. The third-order valence-electron chi connectivity index (χ3n) is 2.13. The summed E-state index contributed by atoms with van der Waals surface area (Å²) in [6.07, 6.45) is 2.22. The molecule has 0 fully saturated rings. The van der Waals surface area contributed by atoms with Gasteiger partial charge in [0.15, 0.2) is 0 Å². The van der Waals surface area contributed by atoms with Crippen LogP contribution in [0.15, 0.2) is 11.3 Å². The lowest BCUT2D eigenvalue weighted by molar-refractivity contribution is 0.238. The molecule has 0 aromatic carbocycles. The SMILES string of the molecule is C[C@@]1(CO)C=C1[Si](C)(C)C. The number of hydrogen-bond donors (Lipinski definition) is 1. The molecule has 10 heavy (non-hydrogen) atoms. The van der Waals surface area contributed by atoms with Crippen molar-refractivity contribution in [3.63, 3.8) is 0 Å². The molecule has 0 radical (unpaired) electrons. The minimum absolute atomic E-state index is 0.102. The number of aliphatic hydroxyl groups is 1. The van der Waals surface area contributed by atoms with Crippen molar-refractivity contribution in [1.29, 1.82) is 0 Å². The lowest BCUT2D eigenvalue weighted by Gasteiger charge is -2.18. The van der Waals surface area contributed by atoms with Crippen LogP contribution in [0.3, 0.4) is 0 Å². The van der Waals surface area contributed by atoms with Crippen LogP contribution in [0.4, 0.5) is 0 Å². The average molecular weight is 156 g/mol. The second-order valence-corrected chi connectivity index (χ2v) is 9.42. The molecule has 1 aliphatic rings. The normalized spacial score (nSPS) is 31.9. The van der Waals surface area contributed by atoms with Crippen LogP contribution in [0.25, 0.3) is 0 Å². The monoisotopic (exact) mass is 156 g/mol. The van der Waals surface area contributed by atoms with Crippen molar-refractivity contribution in [3.8, 4) is 0 Å². The van der Waals surface area contributed by atoms with Gasteiger partial charge in [-0.2, -0.15) is 0 Å². The zero-order valence-corrected chi connectivity index (χ0v) is 8.23. The summed E-state index contributed by atoms with van der Waals surface area (Å²) in [5, 5.41) is 10.5. The van der Waals surface area contributed by atoms with Crippen molar-refractivity contribution in [2.24, 2.45) is 5.41 Å². The molecule has 0 saturated heterocycles. The van der Waals surface area contributed by atoms with Crippen LogP contribution in [-0.2, 0) is 0 Å². The van der Waals surface area contributed by atoms with E-state index >= 15 is 0 Å². The zero-order chi connectivity index (χ0) is 7.99. The maximum atomic E-state index is 8.97. The van der Waals surface area contributed by atoms with Gasteiger partial charge in [-0.15, -0.1) is 0 Å². The van der Waals surface area contributed by atoms with E-state index in [2.05, 4.69) is 32.6 Å². The number of aliphatic hydroxyl groups excluding tert-OH is 1. The standard InChI is InChI=1S/C8H16OSi/c1-8(6-9)5-7(8)10(2,3)4/h5,9H,6H2,1-4H3/t8-/m0/s1. The lowest BCUT2D eigenvalue weighted by atomic mass is 10.1. The fraction of sp³-hybridized carbons (Fsp3) is 0.750. The molecule has 0 bridgehead atoms. The Morgan fingerprint density at radius 1 is 1.50 bits per heavy atom. The molecule has 0 aromatic heterocycles. The van der Waals surface area contributed by atoms with Gasteiger partial charge in [-0.25, -0.2) is 0 Å². The van der Waals surface area contributed by atoms with E-state index in [9.17, 15) is 0 Å². The van der Waals surface area contributed by atoms with Crippen LogP contribution in [0, 0.1) is 5.41 Å². The molecule has 0 aliphatic heterocycles. The minimum Gasteiger partial charge on any atom is -0.395 e. The Labute approximate surface area is 63.8 Å². The topological polar surface area (TPSA) is 20.2 Å². The third-order valence-corrected chi connectivity index (χ3v) is 4.46. The highest BCUT2D eigenvalue weighted by Gasteiger charge is 2.44. The Morgan fingerprint density at radius 2 is 2.00 bits per heavy atom. The van der Waals surface area contributed by atoms with Crippen molar-refractivity contribution in [1.82, 2.24) is 0 Å². The number of hydrogen-bond acceptors (Lipinski definition) is 1. The van der Waals surface area contributed by atoms with Crippen molar-refractivity contribution in [3.05, 3.63) is 11.3 Å². The fourth-order valence-corrected chi connectivity index (χ4v) is 4.03. The van der Waals surface area contributed by atoms with E-state index in [4.69, 9.17) is 5.11 Å². The first-order chi connectivity index (χ1) is 4.40. The molecule has 58 valence electrons. The van der Waals surface area contributed by atoms with E-state index in [1.54, 1.807) is 0 Å². The van der Waals surface area contributed by atoms with E-state index in [0.717, 1.165) is 0 Å². The van der Waals surface area contributed by atoms with Gasteiger partial charge in [-0.1, -0.05) is 37.8 Å². The van der Waals surface area contributed by atoms with E-state index < -0.39 is 8.07 Å². The quantitative estimate of drug-likeness (QED) is 0.604. The number of rotatable bonds is 2. The van der Waals surface area contributed by atoms with Crippen LogP contribution < -0.4 is 0 Å². The van der Waals surface area contributed by atoms with Crippen molar-refractivity contribution < 1.29 is 5.11 Å². The van der Waals surface area contributed by atoms with Crippen LogP contribution in [0.2, 0.25) is 19.6 Å². The van der Waals surface area contributed by atoms with Gasteiger partial charge in [0.2, 0.25) is 0 Å². The van der Waals surface area contributed by atoms with Gasteiger partial charge in [-0.3, -0.25) is 0 Å². The molecule has 1 aliphatic carbocycles. The minimum atomic E-state index is -1.08. The molecule has 1 rings (SSSR count). The van der Waals surface area contributed by atoms with E-state index in [1.165, 1.54) is 5.20 Å². The largest absolute Gasteiger partial charge is 0.395 e. The Balaban J connectivity index is 2.60. The fourth-order valence-electron chi connectivity index (χ4n) is 1.49. The van der Waals surface area contributed by atoms with Crippen molar-refractivity contribution in [2.75, 3.05) is 6.61 Å². The molecule has 0 aromatic rings. The zero-order valence-electron chi connectivity index (χ0n) is 7.23. The first-order valence-electron chi connectivity index (χ1n) is 3.75. The molecule has 1 nitrogen and oxygen atoms in total. The second kappa shape index (κ2) is 1.95. The molecule has 0 heterocycles. The van der Waals surface area contributed by atoms with Gasteiger partial charge in [0.05, 0.1) is 14.7 Å². The lowest BCUT2D eigenvalue weighted by Crippen LogP contribution is -2.25. The average Bonchev–Trinajstić information content (AvgIpc) is 2.43. The maximum Gasteiger partial charge on any atom is 0.0733 e. The summed E-state index contributed by atoms with van der Waals surface area (Å²) in [6.45, 7) is 9.37. The highest BCUT2D eigenvalue weighted by Crippen LogP contribution is 2.48. The van der Waals surface area contributed by atoms with Gasteiger partial charge in [0.1, 0.15) is 0 Å². The predicted octanol–water partition coefficient (Wildman–Crippen LogP) is 1.80. The van der Waals surface area contributed by atoms with Gasteiger partial charge >= 0.3 is 0 Å².